The van der Waals surface area contributed by atoms with Crippen molar-refractivity contribution in [3.05, 3.63) is 44.6 Å². The Bertz CT molecular complexity index is 607. The second-order valence-electron chi connectivity index (χ2n) is 4.27. The molecular weight excluding hydrogens is 340 g/mol. The van der Waals surface area contributed by atoms with Gasteiger partial charge in [-0.2, -0.15) is 0 Å². The highest BCUT2D eigenvalue weighted by atomic mass is 79.9. The van der Waals surface area contributed by atoms with Crippen molar-refractivity contribution in [2.75, 3.05) is 14.2 Å². The Morgan fingerprint density at radius 1 is 1.15 bits per heavy atom. The normalized spacial score (nSPS) is 10.3. The maximum Gasteiger partial charge on any atom is 0.161 e. The zero-order valence-corrected chi connectivity index (χ0v) is 13.7. The lowest BCUT2D eigenvalue weighted by atomic mass is 10.1. The van der Waals surface area contributed by atoms with Gasteiger partial charge >= 0.3 is 0 Å². The van der Waals surface area contributed by atoms with E-state index in [2.05, 4.69) is 15.9 Å². The fourth-order valence-corrected chi connectivity index (χ4v) is 3.43. The lowest BCUT2D eigenvalue weighted by molar-refractivity contribution is -0.117. The van der Waals surface area contributed by atoms with Crippen molar-refractivity contribution in [3.8, 4) is 11.5 Å². The molecule has 0 aliphatic rings. The molecule has 0 spiro atoms. The third kappa shape index (κ3) is 3.61. The Hall–Kier alpha value is -1.33. The summed E-state index contributed by atoms with van der Waals surface area (Å²) in [5, 5.41) is 1.98. The van der Waals surface area contributed by atoms with E-state index in [0.29, 0.717) is 24.3 Å². The summed E-state index contributed by atoms with van der Waals surface area (Å²) < 4.78 is 11.4. The van der Waals surface area contributed by atoms with E-state index < -0.39 is 0 Å². The zero-order valence-electron chi connectivity index (χ0n) is 11.3. The molecule has 0 N–H and O–H groups in total. The van der Waals surface area contributed by atoms with Gasteiger partial charge in [-0.15, -0.1) is 11.3 Å². The van der Waals surface area contributed by atoms with E-state index in [1.165, 1.54) is 0 Å². The first-order valence-corrected chi connectivity index (χ1v) is 7.75. The molecular formula is C15H15BrO3S. The van der Waals surface area contributed by atoms with Crippen LogP contribution in [0.3, 0.4) is 0 Å². The predicted molar refractivity (Wildman–Crippen MR) is 84.0 cm³/mol. The van der Waals surface area contributed by atoms with Gasteiger partial charge in [-0.25, -0.2) is 0 Å². The summed E-state index contributed by atoms with van der Waals surface area (Å²) >= 11 is 5.03. The molecule has 5 heteroatoms. The molecule has 0 saturated carbocycles. The number of ketones is 1. The molecule has 1 aromatic carbocycles. The Morgan fingerprint density at radius 3 is 2.50 bits per heavy atom. The van der Waals surface area contributed by atoms with Crippen molar-refractivity contribution in [2.45, 2.75) is 12.8 Å². The monoisotopic (exact) mass is 354 g/mol. The summed E-state index contributed by atoms with van der Waals surface area (Å²) in [4.78, 5) is 13.2. The van der Waals surface area contributed by atoms with Crippen LogP contribution in [0.5, 0.6) is 11.5 Å². The predicted octanol–water partition coefficient (Wildman–Crippen LogP) is 3.88. The lowest BCUT2D eigenvalue weighted by Crippen LogP contribution is -2.06. The molecule has 0 bridgehead atoms. The minimum Gasteiger partial charge on any atom is -0.493 e. The number of hydrogen-bond donors (Lipinski definition) is 0. The molecule has 0 unspecified atom stereocenters. The van der Waals surface area contributed by atoms with E-state index in [-0.39, 0.29) is 5.78 Å². The summed E-state index contributed by atoms with van der Waals surface area (Å²) in [6.45, 7) is 0. The van der Waals surface area contributed by atoms with Gasteiger partial charge in [0.15, 0.2) is 11.5 Å². The van der Waals surface area contributed by atoms with Crippen LogP contribution in [0.15, 0.2) is 34.1 Å². The second kappa shape index (κ2) is 6.90. The molecule has 20 heavy (non-hydrogen) atoms. The number of thiophene rings is 1. The molecule has 2 aromatic rings. The van der Waals surface area contributed by atoms with Crippen LogP contribution in [-0.2, 0) is 17.6 Å². The van der Waals surface area contributed by atoms with Crippen LogP contribution < -0.4 is 9.47 Å². The summed E-state index contributed by atoms with van der Waals surface area (Å²) in [5.74, 6) is 1.50. The van der Waals surface area contributed by atoms with Gasteiger partial charge in [0.2, 0.25) is 0 Å². The van der Waals surface area contributed by atoms with Crippen LogP contribution in [0.25, 0.3) is 0 Å². The van der Waals surface area contributed by atoms with Crippen LogP contribution in [0, 0.1) is 0 Å². The van der Waals surface area contributed by atoms with Gasteiger partial charge in [0, 0.05) is 22.2 Å². The zero-order chi connectivity index (χ0) is 14.5. The summed E-state index contributed by atoms with van der Waals surface area (Å²) in [6.07, 6.45) is 0.845. The van der Waals surface area contributed by atoms with Gasteiger partial charge in [-0.3, -0.25) is 4.79 Å². The first kappa shape index (κ1) is 15.1. The van der Waals surface area contributed by atoms with Crippen molar-refractivity contribution >= 4 is 33.0 Å². The van der Waals surface area contributed by atoms with Gasteiger partial charge in [-0.05, 0) is 45.1 Å². The van der Waals surface area contributed by atoms with E-state index in [4.69, 9.17) is 9.47 Å². The van der Waals surface area contributed by atoms with Crippen LogP contribution in [0.2, 0.25) is 0 Å². The van der Waals surface area contributed by atoms with Crippen molar-refractivity contribution < 1.29 is 14.3 Å². The number of halogens is 1. The summed E-state index contributed by atoms with van der Waals surface area (Å²) in [7, 11) is 3.18. The van der Waals surface area contributed by atoms with Gasteiger partial charge in [-0.1, -0.05) is 6.07 Å². The van der Waals surface area contributed by atoms with Gasteiger partial charge in [0.25, 0.3) is 0 Å². The van der Waals surface area contributed by atoms with Crippen LogP contribution in [0.4, 0.5) is 0 Å². The average Bonchev–Trinajstić information content (AvgIpc) is 2.84. The maximum absolute atomic E-state index is 12.1. The van der Waals surface area contributed by atoms with Gasteiger partial charge < -0.3 is 9.47 Å². The average molecular weight is 355 g/mol. The minimum absolute atomic E-state index is 0.181. The van der Waals surface area contributed by atoms with E-state index >= 15 is 0 Å². The Morgan fingerprint density at radius 2 is 1.90 bits per heavy atom. The van der Waals surface area contributed by atoms with Gasteiger partial charge in [0.05, 0.1) is 14.2 Å². The maximum atomic E-state index is 12.1. The molecule has 1 aromatic heterocycles. The quantitative estimate of drug-likeness (QED) is 0.789. The molecule has 1 heterocycles. The van der Waals surface area contributed by atoms with Crippen molar-refractivity contribution in [3.63, 3.8) is 0 Å². The van der Waals surface area contributed by atoms with Crippen molar-refractivity contribution in [1.82, 2.24) is 0 Å². The number of ether oxygens (including phenoxy) is 2. The molecule has 0 fully saturated rings. The molecule has 0 atom stereocenters. The molecule has 0 radical (unpaired) electrons. The third-order valence-corrected chi connectivity index (χ3v) is 4.82. The highest BCUT2D eigenvalue weighted by Crippen LogP contribution is 2.28. The van der Waals surface area contributed by atoms with Crippen LogP contribution >= 0.6 is 27.3 Å². The third-order valence-electron chi connectivity index (χ3n) is 2.90. The topological polar surface area (TPSA) is 35.5 Å². The lowest BCUT2D eigenvalue weighted by Gasteiger charge is -2.09. The molecule has 0 saturated heterocycles. The number of Topliss-reactive ketones (excluding diaryl/α,β-unsaturated/α-hetero) is 1. The standard InChI is InChI=1S/C15H15BrO3S/c1-18-13-4-3-10(8-14(13)19-2)7-11(17)9-15-12(16)5-6-20-15/h3-6,8H,7,9H2,1-2H3. The molecule has 3 nitrogen and oxygen atoms in total. The molecule has 2 rings (SSSR count). The van der Waals surface area contributed by atoms with Crippen LogP contribution in [0.1, 0.15) is 10.4 Å². The number of carbonyl (C=O) groups is 1. The van der Waals surface area contributed by atoms with Gasteiger partial charge in [0.1, 0.15) is 5.78 Å². The number of benzene rings is 1. The van der Waals surface area contributed by atoms with Crippen LogP contribution in [-0.4, -0.2) is 20.0 Å². The number of hydrogen-bond acceptors (Lipinski definition) is 4. The molecule has 0 amide bonds. The highest BCUT2D eigenvalue weighted by molar-refractivity contribution is 9.10. The van der Waals surface area contributed by atoms with E-state index in [1.54, 1.807) is 25.6 Å². The van der Waals surface area contributed by atoms with E-state index in [1.807, 2.05) is 29.6 Å². The Labute approximate surface area is 130 Å². The summed E-state index contributed by atoms with van der Waals surface area (Å²) in [5.41, 5.74) is 0.931. The first-order valence-electron chi connectivity index (χ1n) is 6.08. The SMILES string of the molecule is COc1ccc(CC(=O)Cc2sccc2Br)cc1OC. The fraction of sp³-hybridized carbons (Fsp3) is 0.267. The van der Waals surface area contributed by atoms with E-state index in [0.717, 1.165) is 14.9 Å². The molecule has 0 aliphatic carbocycles. The molecule has 0 aliphatic heterocycles. The Kier molecular flexibility index (Phi) is 5.20. The van der Waals surface area contributed by atoms with Crippen molar-refractivity contribution in [1.29, 1.82) is 0 Å². The highest BCUT2D eigenvalue weighted by Gasteiger charge is 2.11. The van der Waals surface area contributed by atoms with E-state index in [9.17, 15) is 4.79 Å². The fourth-order valence-electron chi connectivity index (χ4n) is 1.91. The molecule has 106 valence electrons. The smallest absolute Gasteiger partial charge is 0.161 e. The minimum atomic E-state index is 0.181. The first-order chi connectivity index (χ1) is 9.63. The van der Waals surface area contributed by atoms with Crippen molar-refractivity contribution in [2.24, 2.45) is 0 Å². The second-order valence-corrected chi connectivity index (χ2v) is 6.13. The largest absolute Gasteiger partial charge is 0.493 e. The summed E-state index contributed by atoms with van der Waals surface area (Å²) in [6, 6.07) is 7.52. The Balaban J connectivity index is 2.06. The number of carbonyl (C=O) groups excluding carboxylic acids is 1. The number of methoxy groups -OCH3 is 2. The number of rotatable bonds is 6.